The van der Waals surface area contributed by atoms with Crippen molar-refractivity contribution in [1.29, 1.82) is 0 Å². The maximum atomic E-state index is 12.8. The second-order valence-corrected chi connectivity index (χ2v) is 8.27. The monoisotopic (exact) mass is 510 g/mol. The van der Waals surface area contributed by atoms with Crippen molar-refractivity contribution in [3.63, 3.8) is 0 Å². The summed E-state index contributed by atoms with van der Waals surface area (Å²) in [5.74, 6) is 0.749. The Kier molecular flexibility index (Phi) is 8.19. The lowest BCUT2D eigenvalue weighted by atomic mass is 10.1. The van der Waals surface area contributed by atoms with E-state index in [0.29, 0.717) is 66.9 Å². The number of carbonyl (C=O) groups excluding carboxylic acids is 2. The number of carbonyl (C=O) groups is 2. The maximum Gasteiger partial charge on any atom is 0.254 e. The number of rotatable bonds is 8. The van der Waals surface area contributed by atoms with E-state index in [1.807, 2.05) is 13.0 Å². The van der Waals surface area contributed by atoms with Gasteiger partial charge in [0.15, 0.2) is 5.82 Å². The molecule has 4 rings (SSSR count). The molecule has 0 atom stereocenters. The van der Waals surface area contributed by atoms with Crippen LogP contribution in [0.1, 0.15) is 27.6 Å². The van der Waals surface area contributed by atoms with Crippen LogP contribution in [-0.2, 0) is 4.74 Å². The van der Waals surface area contributed by atoms with Crippen molar-refractivity contribution in [1.82, 2.24) is 20.2 Å². The predicted molar refractivity (Wildman–Crippen MR) is 138 cm³/mol. The van der Waals surface area contributed by atoms with E-state index in [0.717, 1.165) is 0 Å². The zero-order valence-electron chi connectivity index (χ0n) is 20.0. The van der Waals surface area contributed by atoms with Crippen LogP contribution in [0, 0.1) is 0 Å². The van der Waals surface area contributed by atoms with Crippen molar-refractivity contribution in [3.05, 3.63) is 64.8 Å². The molecule has 0 unspecified atom stereocenters. The molecule has 0 aliphatic carbocycles. The molecule has 0 spiro atoms. The van der Waals surface area contributed by atoms with Crippen LogP contribution in [0.4, 0.5) is 23.1 Å². The number of halogens is 1. The minimum atomic E-state index is -0.208. The summed E-state index contributed by atoms with van der Waals surface area (Å²) < 4.78 is 10.8. The average molecular weight is 511 g/mol. The lowest BCUT2D eigenvalue weighted by molar-refractivity contribution is 0.0302. The first-order valence-electron chi connectivity index (χ1n) is 11.5. The fourth-order valence-corrected chi connectivity index (χ4v) is 3.82. The summed E-state index contributed by atoms with van der Waals surface area (Å²) in [6, 6.07) is 12.2. The fourth-order valence-electron chi connectivity index (χ4n) is 3.69. The highest BCUT2D eigenvalue weighted by molar-refractivity contribution is 6.33. The fraction of sp³-hybridized carbons (Fsp3) is 0.280. The van der Waals surface area contributed by atoms with Crippen molar-refractivity contribution in [2.24, 2.45) is 0 Å². The number of amides is 2. The third-order valence-corrected chi connectivity index (χ3v) is 5.78. The van der Waals surface area contributed by atoms with Gasteiger partial charge in [0.1, 0.15) is 10.8 Å². The SMILES string of the molecule is CCNC(=O)c1ccccc1Nc1nc(Nc2ccc(C(=O)N3CCOCC3)cc2OC)ncc1Cl. The third kappa shape index (κ3) is 5.84. The van der Waals surface area contributed by atoms with Gasteiger partial charge in [-0.15, -0.1) is 0 Å². The smallest absolute Gasteiger partial charge is 0.254 e. The van der Waals surface area contributed by atoms with Crippen LogP contribution in [0.5, 0.6) is 5.75 Å². The van der Waals surface area contributed by atoms with Gasteiger partial charge in [-0.25, -0.2) is 4.98 Å². The normalized spacial score (nSPS) is 13.1. The second-order valence-electron chi connectivity index (χ2n) is 7.86. The van der Waals surface area contributed by atoms with Gasteiger partial charge in [0.2, 0.25) is 5.95 Å². The summed E-state index contributed by atoms with van der Waals surface area (Å²) in [6.45, 7) is 4.53. The van der Waals surface area contributed by atoms with Crippen LogP contribution in [0.3, 0.4) is 0 Å². The number of hydrogen-bond acceptors (Lipinski definition) is 8. The van der Waals surface area contributed by atoms with Crippen LogP contribution in [-0.4, -0.2) is 66.6 Å². The first-order valence-corrected chi connectivity index (χ1v) is 11.9. The molecular weight excluding hydrogens is 484 g/mol. The minimum Gasteiger partial charge on any atom is -0.495 e. The van der Waals surface area contributed by atoms with Crippen molar-refractivity contribution < 1.29 is 19.1 Å². The summed E-state index contributed by atoms with van der Waals surface area (Å²) in [5, 5.41) is 9.30. The van der Waals surface area contributed by atoms with E-state index in [2.05, 4.69) is 25.9 Å². The van der Waals surface area contributed by atoms with Gasteiger partial charge in [-0.1, -0.05) is 23.7 Å². The Morgan fingerprint density at radius 2 is 1.89 bits per heavy atom. The summed E-state index contributed by atoms with van der Waals surface area (Å²) in [4.78, 5) is 35.7. The van der Waals surface area contributed by atoms with E-state index in [1.165, 1.54) is 13.3 Å². The molecule has 1 fully saturated rings. The van der Waals surface area contributed by atoms with Crippen LogP contribution in [0.2, 0.25) is 5.02 Å². The van der Waals surface area contributed by atoms with Gasteiger partial charge in [0, 0.05) is 25.2 Å². The number of methoxy groups -OCH3 is 1. The molecule has 188 valence electrons. The van der Waals surface area contributed by atoms with Gasteiger partial charge in [0.25, 0.3) is 11.8 Å². The van der Waals surface area contributed by atoms with Gasteiger partial charge in [-0.2, -0.15) is 4.98 Å². The van der Waals surface area contributed by atoms with E-state index < -0.39 is 0 Å². The van der Waals surface area contributed by atoms with E-state index in [4.69, 9.17) is 21.1 Å². The second kappa shape index (κ2) is 11.7. The highest BCUT2D eigenvalue weighted by atomic mass is 35.5. The van der Waals surface area contributed by atoms with Gasteiger partial charge < -0.3 is 30.3 Å². The van der Waals surface area contributed by atoms with E-state index in [9.17, 15) is 9.59 Å². The number of nitrogens with one attached hydrogen (secondary N) is 3. The Bertz CT molecular complexity index is 1250. The Hall–Kier alpha value is -3.89. The van der Waals surface area contributed by atoms with Gasteiger partial charge in [-0.3, -0.25) is 9.59 Å². The largest absolute Gasteiger partial charge is 0.495 e. The van der Waals surface area contributed by atoms with Gasteiger partial charge in [0.05, 0.1) is 43.5 Å². The van der Waals surface area contributed by atoms with Crippen LogP contribution < -0.4 is 20.7 Å². The number of ether oxygens (including phenoxy) is 2. The molecule has 1 aliphatic heterocycles. The number of hydrogen-bond donors (Lipinski definition) is 3. The van der Waals surface area contributed by atoms with Crippen LogP contribution in [0.25, 0.3) is 0 Å². The highest BCUT2D eigenvalue weighted by Crippen LogP contribution is 2.31. The Labute approximate surface area is 214 Å². The van der Waals surface area contributed by atoms with Crippen LogP contribution >= 0.6 is 11.6 Å². The molecule has 0 saturated carbocycles. The third-order valence-electron chi connectivity index (χ3n) is 5.50. The van der Waals surface area contributed by atoms with Gasteiger partial charge in [-0.05, 0) is 37.3 Å². The molecule has 0 bridgehead atoms. The lowest BCUT2D eigenvalue weighted by Gasteiger charge is -2.27. The Balaban J connectivity index is 1.55. The molecule has 10 nitrogen and oxygen atoms in total. The van der Waals surface area contributed by atoms with E-state index >= 15 is 0 Å². The molecule has 2 heterocycles. The molecule has 3 aromatic rings. The minimum absolute atomic E-state index is 0.0804. The summed E-state index contributed by atoms with van der Waals surface area (Å²) in [6.07, 6.45) is 1.46. The van der Waals surface area contributed by atoms with E-state index in [1.54, 1.807) is 41.3 Å². The first kappa shape index (κ1) is 25.2. The number of benzene rings is 2. The van der Waals surface area contributed by atoms with Crippen LogP contribution in [0.15, 0.2) is 48.7 Å². The summed E-state index contributed by atoms with van der Waals surface area (Å²) >= 11 is 6.34. The number of nitrogens with zero attached hydrogens (tertiary/aromatic N) is 3. The first-order chi connectivity index (χ1) is 17.5. The number of para-hydroxylation sites is 1. The van der Waals surface area contributed by atoms with E-state index in [-0.39, 0.29) is 22.8 Å². The van der Waals surface area contributed by atoms with Crippen molar-refractivity contribution in [3.8, 4) is 5.75 Å². The molecule has 1 aromatic heterocycles. The zero-order chi connectivity index (χ0) is 25.5. The molecule has 1 saturated heterocycles. The molecule has 2 aromatic carbocycles. The van der Waals surface area contributed by atoms with Crippen molar-refractivity contribution in [2.45, 2.75) is 6.92 Å². The number of anilines is 4. The Morgan fingerprint density at radius 3 is 2.64 bits per heavy atom. The number of aromatic nitrogens is 2. The molecule has 0 radical (unpaired) electrons. The lowest BCUT2D eigenvalue weighted by Crippen LogP contribution is -2.40. The predicted octanol–water partition coefficient (Wildman–Crippen LogP) is 3.85. The van der Waals surface area contributed by atoms with Gasteiger partial charge >= 0.3 is 0 Å². The molecular formula is C25H27ClN6O4. The van der Waals surface area contributed by atoms with Crippen molar-refractivity contribution >= 4 is 46.6 Å². The summed E-state index contributed by atoms with van der Waals surface area (Å²) in [7, 11) is 1.53. The average Bonchev–Trinajstić information content (AvgIpc) is 2.91. The van der Waals surface area contributed by atoms with Crippen molar-refractivity contribution in [2.75, 3.05) is 50.6 Å². The molecule has 1 aliphatic rings. The molecule has 36 heavy (non-hydrogen) atoms. The standard InChI is InChI=1S/C25H27ClN6O4/c1-3-27-23(33)17-6-4-5-7-19(17)29-22-18(26)15-28-25(31-22)30-20-9-8-16(14-21(20)35-2)24(34)32-10-12-36-13-11-32/h4-9,14-15H,3,10-13H2,1-2H3,(H,27,33)(H2,28,29,30,31). The maximum absolute atomic E-state index is 12.8. The topological polar surface area (TPSA) is 118 Å². The molecule has 3 N–H and O–H groups in total. The molecule has 2 amide bonds. The number of morpholine rings is 1. The quantitative estimate of drug-likeness (QED) is 0.418. The highest BCUT2D eigenvalue weighted by Gasteiger charge is 2.20. The molecule has 11 heteroatoms. The zero-order valence-corrected chi connectivity index (χ0v) is 20.8. The Morgan fingerprint density at radius 1 is 1.11 bits per heavy atom. The summed E-state index contributed by atoms with van der Waals surface area (Å²) in [5.41, 5.74) is 2.11.